The van der Waals surface area contributed by atoms with E-state index < -0.39 is 10.0 Å². The standard InChI is InChI=1S/C30H32N8O5S/c1-42-23-10-21(11-24(13-23)43-2)33-28-29(36-27-9-4-3-8-26(27)35-28)37-44(40,41)25-7-5-6-20(12-25)34-30(39)19-15-38(16-19)17-22-14-31-18-32-22/h3-13,18-19,22H,14-17H2,1-2H3,(H,31,32)(H,33,35)(H,34,39)(H,36,37). The molecule has 0 radical (unpaired) electrons. The van der Waals surface area contributed by atoms with Crippen molar-refractivity contribution in [2.75, 3.05) is 55.8 Å². The first kappa shape index (κ1) is 29.1. The summed E-state index contributed by atoms with van der Waals surface area (Å²) in [5.41, 5.74) is 2.01. The number of carbonyl (C=O) groups excluding carboxylic acids is 1. The molecule has 0 aliphatic carbocycles. The zero-order valence-electron chi connectivity index (χ0n) is 24.1. The molecule has 14 heteroatoms. The van der Waals surface area contributed by atoms with E-state index in [1.165, 1.54) is 26.4 Å². The summed E-state index contributed by atoms with van der Waals surface area (Å²) in [6.45, 7) is 2.87. The molecule has 0 spiro atoms. The molecule has 13 nitrogen and oxygen atoms in total. The molecule has 1 atom stereocenters. The molecule has 1 amide bonds. The van der Waals surface area contributed by atoms with Gasteiger partial charge in [0.15, 0.2) is 11.6 Å². The number of fused-ring (bicyclic) bond motifs is 1. The maximum atomic E-state index is 13.6. The van der Waals surface area contributed by atoms with Crippen LogP contribution in [0.2, 0.25) is 0 Å². The normalized spacial score (nSPS) is 16.6. The SMILES string of the molecule is COc1cc(Nc2nc3ccccc3nc2NS(=O)(=O)c2cccc(NC(=O)C3CN(CC4CNC=N4)C3)c2)cc(OC)c1. The number of carbonyl (C=O) groups is 1. The number of benzene rings is 3. The summed E-state index contributed by atoms with van der Waals surface area (Å²) in [6.07, 6.45) is 1.71. The Morgan fingerprint density at radius 3 is 2.30 bits per heavy atom. The summed E-state index contributed by atoms with van der Waals surface area (Å²) in [5, 5.41) is 9.09. The number of nitrogens with one attached hydrogen (secondary N) is 4. The fraction of sp³-hybridized carbons (Fsp3) is 0.267. The second-order valence-electron chi connectivity index (χ2n) is 10.5. The zero-order valence-corrected chi connectivity index (χ0v) is 25.0. The van der Waals surface area contributed by atoms with E-state index in [2.05, 4.69) is 40.5 Å². The van der Waals surface area contributed by atoms with Gasteiger partial charge in [-0.15, -0.1) is 0 Å². The number of sulfonamides is 1. The van der Waals surface area contributed by atoms with E-state index in [9.17, 15) is 13.2 Å². The van der Waals surface area contributed by atoms with Crippen molar-refractivity contribution in [1.82, 2.24) is 20.2 Å². The number of nitrogens with zero attached hydrogens (tertiary/aromatic N) is 4. The first-order chi connectivity index (χ1) is 21.3. The van der Waals surface area contributed by atoms with E-state index >= 15 is 0 Å². The minimum atomic E-state index is -4.14. The molecule has 4 N–H and O–H groups in total. The van der Waals surface area contributed by atoms with Crippen LogP contribution in [0.3, 0.4) is 0 Å². The van der Waals surface area contributed by atoms with Gasteiger partial charge in [-0.3, -0.25) is 19.4 Å². The van der Waals surface area contributed by atoms with Gasteiger partial charge in [0.1, 0.15) is 11.5 Å². The van der Waals surface area contributed by atoms with E-state index in [1.54, 1.807) is 54.9 Å². The van der Waals surface area contributed by atoms with Crippen LogP contribution < -0.4 is 30.1 Å². The number of likely N-dealkylation sites (tertiary alicyclic amines) is 1. The maximum Gasteiger partial charge on any atom is 0.263 e. The second kappa shape index (κ2) is 12.3. The van der Waals surface area contributed by atoms with Crippen LogP contribution in [0.25, 0.3) is 11.0 Å². The monoisotopic (exact) mass is 616 g/mol. The summed E-state index contributed by atoms with van der Waals surface area (Å²) in [6, 6.07) is 18.6. The molecular weight excluding hydrogens is 584 g/mol. The van der Waals surface area contributed by atoms with E-state index in [0.717, 1.165) is 13.1 Å². The van der Waals surface area contributed by atoms with Crippen molar-refractivity contribution in [2.24, 2.45) is 10.9 Å². The minimum Gasteiger partial charge on any atom is -0.497 e. The molecule has 228 valence electrons. The average molecular weight is 617 g/mol. The number of aliphatic imine (C=N–C) groups is 1. The summed E-state index contributed by atoms with van der Waals surface area (Å²) in [7, 11) is -1.06. The van der Waals surface area contributed by atoms with Gasteiger partial charge in [-0.1, -0.05) is 18.2 Å². The molecule has 1 unspecified atom stereocenters. The molecule has 6 rings (SSSR count). The van der Waals surface area contributed by atoms with Crippen molar-refractivity contribution >= 4 is 56.3 Å². The number of aromatic nitrogens is 2. The largest absolute Gasteiger partial charge is 0.497 e. The lowest BCUT2D eigenvalue weighted by Gasteiger charge is -2.39. The van der Waals surface area contributed by atoms with Crippen LogP contribution in [0.1, 0.15) is 0 Å². The van der Waals surface area contributed by atoms with Crippen LogP contribution in [0.4, 0.5) is 23.0 Å². The van der Waals surface area contributed by atoms with Crippen LogP contribution in [-0.4, -0.2) is 82.0 Å². The van der Waals surface area contributed by atoms with Crippen LogP contribution >= 0.6 is 0 Å². The number of methoxy groups -OCH3 is 2. The molecule has 0 saturated carbocycles. The van der Waals surface area contributed by atoms with Gasteiger partial charge in [0.2, 0.25) is 5.91 Å². The molecule has 1 aromatic heterocycles. The third kappa shape index (κ3) is 6.50. The highest BCUT2D eigenvalue weighted by molar-refractivity contribution is 7.92. The fourth-order valence-corrected chi connectivity index (χ4v) is 6.09. The quantitative estimate of drug-likeness (QED) is 0.197. The van der Waals surface area contributed by atoms with Crippen molar-refractivity contribution in [2.45, 2.75) is 10.9 Å². The minimum absolute atomic E-state index is 0.00344. The smallest absolute Gasteiger partial charge is 0.263 e. The third-order valence-corrected chi connectivity index (χ3v) is 8.69. The number of para-hydroxylation sites is 2. The Hall–Kier alpha value is -4.95. The lowest BCUT2D eigenvalue weighted by atomic mass is 9.98. The number of hydrogen-bond acceptors (Lipinski definition) is 11. The van der Waals surface area contributed by atoms with Crippen molar-refractivity contribution in [3.63, 3.8) is 0 Å². The number of amides is 1. The Morgan fingerprint density at radius 1 is 0.932 bits per heavy atom. The molecule has 3 aromatic carbocycles. The Labute approximate surface area is 254 Å². The zero-order chi connectivity index (χ0) is 30.7. The van der Waals surface area contributed by atoms with Gasteiger partial charge >= 0.3 is 0 Å². The second-order valence-corrected chi connectivity index (χ2v) is 12.2. The van der Waals surface area contributed by atoms with Crippen LogP contribution in [0, 0.1) is 5.92 Å². The Balaban J connectivity index is 1.20. The van der Waals surface area contributed by atoms with Gasteiger partial charge in [-0.05, 0) is 30.3 Å². The number of ether oxygens (including phenoxy) is 2. The third-order valence-electron chi connectivity index (χ3n) is 7.35. The molecule has 1 saturated heterocycles. The maximum absolute atomic E-state index is 13.6. The van der Waals surface area contributed by atoms with E-state index in [0.29, 0.717) is 47.0 Å². The van der Waals surface area contributed by atoms with Gasteiger partial charge in [0.05, 0.1) is 48.4 Å². The molecule has 0 bridgehead atoms. The lowest BCUT2D eigenvalue weighted by molar-refractivity contribution is -0.124. The molecule has 4 aromatic rings. The van der Waals surface area contributed by atoms with Crippen LogP contribution in [0.15, 0.2) is 76.6 Å². The van der Waals surface area contributed by atoms with Crippen molar-refractivity contribution in [3.05, 3.63) is 66.7 Å². The van der Waals surface area contributed by atoms with Gasteiger partial charge in [-0.25, -0.2) is 18.4 Å². The highest BCUT2D eigenvalue weighted by Crippen LogP contribution is 2.32. The Bertz CT molecular complexity index is 1810. The molecule has 1 fully saturated rings. The van der Waals surface area contributed by atoms with Crippen molar-refractivity contribution in [3.8, 4) is 11.5 Å². The van der Waals surface area contributed by atoms with Crippen LogP contribution in [-0.2, 0) is 14.8 Å². The molecule has 3 heterocycles. The summed E-state index contributed by atoms with van der Waals surface area (Å²) >= 11 is 0. The predicted molar refractivity (Wildman–Crippen MR) is 168 cm³/mol. The Morgan fingerprint density at radius 2 is 1.64 bits per heavy atom. The number of rotatable bonds is 11. The van der Waals surface area contributed by atoms with E-state index in [1.807, 2.05) is 6.07 Å². The summed E-state index contributed by atoms with van der Waals surface area (Å²) < 4.78 is 40.5. The Kier molecular flexibility index (Phi) is 8.17. The fourth-order valence-electron chi connectivity index (χ4n) is 5.04. The van der Waals surface area contributed by atoms with Crippen LogP contribution in [0.5, 0.6) is 11.5 Å². The molecule has 44 heavy (non-hydrogen) atoms. The highest BCUT2D eigenvalue weighted by atomic mass is 32.2. The number of hydrogen-bond donors (Lipinski definition) is 4. The van der Waals surface area contributed by atoms with Gasteiger partial charge < -0.3 is 25.4 Å². The first-order valence-electron chi connectivity index (χ1n) is 14.0. The lowest BCUT2D eigenvalue weighted by Crippen LogP contribution is -2.54. The van der Waals surface area contributed by atoms with E-state index in [-0.39, 0.29) is 34.4 Å². The number of anilines is 4. The van der Waals surface area contributed by atoms with Crippen molar-refractivity contribution in [1.29, 1.82) is 0 Å². The first-order valence-corrected chi connectivity index (χ1v) is 15.5. The topological polar surface area (TPSA) is 159 Å². The summed E-state index contributed by atoms with van der Waals surface area (Å²) in [5.74, 6) is 0.922. The van der Waals surface area contributed by atoms with E-state index in [4.69, 9.17) is 9.47 Å². The molecule has 2 aliphatic rings. The van der Waals surface area contributed by atoms with Crippen molar-refractivity contribution < 1.29 is 22.7 Å². The highest BCUT2D eigenvalue weighted by Gasteiger charge is 2.34. The van der Waals surface area contributed by atoms with Gasteiger partial charge in [-0.2, -0.15) is 0 Å². The van der Waals surface area contributed by atoms with Gasteiger partial charge in [0, 0.05) is 55.8 Å². The molecular formula is C30H32N8O5S. The van der Waals surface area contributed by atoms with Gasteiger partial charge in [0.25, 0.3) is 10.0 Å². The summed E-state index contributed by atoms with van der Waals surface area (Å²) in [4.78, 5) is 28.6. The predicted octanol–water partition coefficient (Wildman–Crippen LogP) is 3.06. The average Bonchev–Trinajstić information content (AvgIpc) is 3.52. The molecule has 2 aliphatic heterocycles.